The minimum atomic E-state index is -4.02. The van der Waals surface area contributed by atoms with Gasteiger partial charge in [0.25, 0.3) is 10.1 Å². The molecule has 0 saturated carbocycles. The highest BCUT2D eigenvalue weighted by Crippen LogP contribution is 2.08. The van der Waals surface area contributed by atoms with E-state index in [9.17, 15) is 8.42 Å². The van der Waals surface area contributed by atoms with E-state index in [1.54, 1.807) is 23.9 Å². The van der Waals surface area contributed by atoms with Crippen LogP contribution in [0.3, 0.4) is 0 Å². The van der Waals surface area contributed by atoms with Crippen LogP contribution in [0.2, 0.25) is 0 Å². The summed E-state index contributed by atoms with van der Waals surface area (Å²) in [7, 11) is -4.02. The molecular formula is C11H14N2O3S2. The topological polar surface area (TPSA) is 90.2 Å². The molecule has 1 aliphatic heterocycles. The molecular weight excluding hydrogens is 272 g/mol. The van der Waals surface area contributed by atoms with Gasteiger partial charge in [-0.05, 0) is 19.1 Å². The van der Waals surface area contributed by atoms with E-state index in [1.807, 2.05) is 6.92 Å². The van der Waals surface area contributed by atoms with Crippen LogP contribution in [0, 0.1) is 18.3 Å². The SMILES string of the molecule is Cc1ccc(S(=O)(=O)O)cc1.N#C[C@H]1CSCN1. The molecule has 0 aromatic heterocycles. The van der Waals surface area contributed by atoms with Crippen molar-refractivity contribution >= 4 is 21.9 Å². The van der Waals surface area contributed by atoms with Crippen molar-refractivity contribution in [2.45, 2.75) is 17.9 Å². The first-order valence-corrected chi connectivity index (χ1v) is 7.78. The van der Waals surface area contributed by atoms with Gasteiger partial charge in [-0.3, -0.25) is 9.87 Å². The molecule has 1 heterocycles. The summed E-state index contributed by atoms with van der Waals surface area (Å²) < 4.78 is 29.6. The molecule has 1 aromatic rings. The van der Waals surface area contributed by atoms with E-state index >= 15 is 0 Å². The van der Waals surface area contributed by atoms with Gasteiger partial charge in [-0.15, -0.1) is 11.8 Å². The summed E-state index contributed by atoms with van der Waals surface area (Å²) in [5, 5.41) is 11.2. The van der Waals surface area contributed by atoms with Gasteiger partial charge in [-0.2, -0.15) is 13.7 Å². The summed E-state index contributed by atoms with van der Waals surface area (Å²) in [6, 6.07) is 8.24. The average Bonchev–Trinajstić information content (AvgIpc) is 2.82. The van der Waals surface area contributed by atoms with Crippen LogP contribution in [0.4, 0.5) is 0 Å². The van der Waals surface area contributed by atoms with E-state index in [2.05, 4.69) is 11.4 Å². The Labute approximate surface area is 111 Å². The lowest BCUT2D eigenvalue weighted by atomic mass is 10.2. The molecule has 0 spiro atoms. The van der Waals surface area contributed by atoms with Crippen molar-refractivity contribution in [3.05, 3.63) is 29.8 Å². The zero-order valence-electron chi connectivity index (χ0n) is 9.83. The van der Waals surface area contributed by atoms with E-state index in [-0.39, 0.29) is 10.9 Å². The summed E-state index contributed by atoms with van der Waals surface area (Å²) in [5.74, 6) is 1.90. The van der Waals surface area contributed by atoms with Crippen LogP contribution in [0.25, 0.3) is 0 Å². The molecule has 98 valence electrons. The Bertz CT molecular complexity index is 514. The van der Waals surface area contributed by atoms with Crippen molar-refractivity contribution in [2.24, 2.45) is 0 Å². The minimum Gasteiger partial charge on any atom is -0.292 e. The van der Waals surface area contributed by atoms with Gasteiger partial charge in [-0.25, -0.2) is 0 Å². The van der Waals surface area contributed by atoms with Crippen LogP contribution in [-0.2, 0) is 10.1 Å². The highest BCUT2D eigenvalue weighted by atomic mass is 32.2. The Hall–Kier alpha value is -1.07. The van der Waals surface area contributed by atoms with Gasteiger partial charge >= 0.3 is 0 Å². The van der Waals surface area contributed by atoms with Crippen LogP contribution in [0.1, 0.15) is 5.56 Å². The van der Waals surface area contributed by atoms with Crippen molar-refractivity contribution in [2.75, 3.05) is 11.6 Å². The van der Waals surface area contributed by atoms with E-state index in [0.29, 0.717) is 0 Å². The van der Waals surface area contributed by atoms with Gasteiger partial charge in [0, 0.05) is 11.6 Å². The Balaban J connectivity index is 0.000000199. The molecule has 7 heteroatoms. The second-order valence-electron chi connectivity index (χ2n) is 3.69. The van der Waals surface area contributed by atoms with Crippen LogP contribution < -0.4 is 5.32 Å². The Morgan fingerprint density at radius 2 is 2.06 bits per heavy atom. The molecule has 0 bridgehead atoms. The van der Waals surface area contributed by atoms with Crippen LogP contribution in [0.15, 0.2) is 29.2 Å². The molecule has 1 saturated heterocycles. The first-order chi connectivity index (χ1) is 8.43. The monoisotopic (exact) mass is 286 g/mol. The number of thioether (sulfide) groups is 1. The molecule has 18 heavy (non-hydrogen) atoms. The highest BCUT2D eigenvalue weighted by Gasteiger charge is 2.11. The number of nitriles is 1. The normalized spacial score (nSPS) is 18.6. The van der Waals surface area contributed by atoms with E-state index in [4.69, 9.17) is 9.81 Å². The number of hydrogen-bond acceptors (Lipinski definition) is 5. The highest BCUT2D eigenvalue weighted by molar-refractivity contribution is 7.99. The Morgan fingerprint density at radius 3 is 2.39 bits per heavy atom. The summed E-state index contributed by atoms with van der Waals surface area (Å²) in [5.41, 5.74) is 0.956. The lowest BCUT2D eigenvalue weighted by Gasteiger charge is -1.95. The zero-order valence-corrected chi connectivity index (χ0v) is 11.5. The first-order valence-electron chi connectivity index (χ1n) is 5.18. The van der Waals surface area contributed by atoms with Crippen LogP contribution in [0.5, 0.6) is 0 Å². The predicted octanol–water partition coefficient (Wildman–Crippen LogP) is 1.41. The van der Waals surface area contributed by atoms with Crippen molar-refractivity contribution in [3.8, 4) is 6.07 Å². The lowest BCUT2D eigenvalue weighted by molar-refractivity contribution is 0.483. The number of nitrogens with zero attached hydrogens (tertiary/aromatic N) is 1. The first kappa shape index (κ1) is 15.0. The van der Waals surface area contributed by atoms with Crippen LogP contribution in [-0.4, -0.2) is 30.6 Å². The van der Waals surface area contributed by atoms with Crippen molar-refractivity contribution < 1.29 is 13.0 Å². The van der Waals surface area contributed by atoms with Gasteiger partial charge in [0.1, 0.15) is 6.04 Å². The third-order valence-corrected chi connectivity index (χ3v) is 4.00. The molecule has 0 amide bonds. The predicted molar refractivity (Wildman–Crippen MR) is 70.9 cm³/mol. The van der Waals surface area contributed by atoms with Crippen molar-refractivity contribution in [1.82, 2.24) is 5.32 Å². The van der Waals surface area contributed by atoms with Crippen molar-refractivity contribution in [1.29, 1.82) is 5.26 Å². The molecule has 1 fully saturated rings. The lowest BCUT2D eigenvalue weighted by Crippen LogP contribution is -2.20. The summed E-state index contributed by atoms with van der Waals surface area (Å²) in [6.07, 6.45) is 0. The van der Waals surface area contributed by atoms with Gasteiger partial charge in [0.05, 0.1) is 11.0 Å². The molecule has 1 atom stereocenters. The number of benzene rings is 1. The fraction of sp³-hybridized carbons (Fsp3) is 0.364. The smallest absolute Gasteiger partial charge is 0.292 e. The number of aryl methyl sites for hydroxylation is 1. The van der Waals surface area contributed by atoms with E-state index in [0.717, 1.165) is 17.2 Å². The third-order valence-electron chi connectivity index (χ3n) is 2.19. The maximum absolute atomic E-state index is 10.5. The number of nitrogens with one attached hydrogen (secondary N) is 1. The third kappa shape index (κ3) is 5.06. The zero-order chi connectivity index (χ0) is 13.6. The van der Waals surface area contributed by atoms with Gasteiger partial charge in [0.15, 0.2) is 0 Å². The van der Waals surface area contributed by atoms with Crippen LogP contribution >= 0.6 is 11.8 Å². The quantitative estimate of drug-likeness (QED) is 0.759. The van der Waals surface area contributed by atoms with Crippen molar-refractivity contribution in [3.63, 3.8) is 0 Å². The fourth-order valence-electron chi connectivity index (χ4n) is 1.19. The summed E-state index contributed by atoms with van der Waals surface area (Å²) >= 11 is 1.77. The van der Waals surface area contributed by atoms with E-state index in [1.165, 1.54) is 12.1 Å². The average molecular weight is 286 g/mol. The molecule has 5 nitrogen and oxygen atoms in total. The molecule has 0 aliphatic carbocycles. The molecule has 0 radical (unpaired) electrons. The summed E-state index contributed by atoms with van der Waals surface area (Å²) in [6.45, 7) is 1.84. The maximum Gasteiger partial charge on any atom is 0.294 e. The Kier molecular flexibility index (Phi) is 5.62. The molecule has 0 unspecified atom stereocenters. The Morgan fingerprint density at radius 1 is 1.44 bits per heavy atom. The molecule has 1 aliphatic rings. The second-order valence-corrected chi connectivity index (χ2v) is 6.14. The molecule has 2 N–H and O–H groups in total. The number of hydrogen-bond donors (Lipinski definition) is 2. The number of rotatable bonds is 1. The maximum atomic E-state index is 10.5. The molecule has 1 aromatic carbocycles. The van der Waals surface area contributed by atoms with Gasteiger partial charge in [0.2, 0.25) is 0 Å². The van der Waals surface area contributed by atoms with E-state index < -0.39 is 10.1 Å². The second kappa shape index (κ2) is 6.75. The molecule has 2 rings (SSSR count). The fourth-order valence-corrected chi connectivity index (χ4v) is 2.53. The largest absolute Gasteiger partial charge is 0.294 e. The standard InChI is InChI=1S/C7H8O3S.C4H6N2S/c1-6-2-4-7(5-3-6)11(8,9)10;5-1-4-2-7-3-6-4/h2-5H,1H3,(H,8,9,10);4,6H,2-3H2/t;4-/m.0/s1. The summed E-state index contributed by atoms with van der Waals surface area (Å²) in [4.78, 5) is -0.0666. The minimum absolute atomic E-state index is 0.0666. The van der Waals surface area contributed by atoms with Gasteiger partial charge in [-0.1, -0.05) is 17.7 Å². The van der Waals surface area contributed by atoms with Gasteiger partial charge < -0.3 is 0 Å².